The van der Waals surface area contributed by atoms with Crippen molar-refractivity contribution in [1.29, 1.82) is 0 Å². The molecule has 5 rings (SSSR count). The number of ether oxygens (including phenoxy) is 1. The minimum absolute atomic E-state index is 0.0821. The Labute approximate surface area is 270 Å². The molecule has 4 aromatic rings. The molecule has 0 bridgehead atoms. The normalized spacial score (nSPS) is 14.4. The van der Waals surface area contributed by atoms with E-state index in [2.05, 4.69) is 26.3 Å². The van der Waals surface area contributed by atoms with Crippen molar-refractivity contribution in [2.75, 3.05) is 32.2 Å². The largest absolute Gasteiger partial charge is 0.481 e. The van der Waals surface area contributed by atoms with Gasteiger partial charge in [0.15, 0.2) is 5.82 Å². The van der Waals surface area contributed by atoms with Gasteiger partial charge in [0.25, 0.3) is 0 Å². The van der Waals surface area contributed by atoms with Crippen LogP contribution in [0.1, 0.15) is 30.4 Å². The van der Waals surface area contributed by atoms with E-state index in [-0.39, 0.29) is 24.2 Å². The van der Waals surface area contributed by atoms with Crippen molar-refractivity contribution in [3.63, 3.8) is 0 Å². The quantitative estimate of drug-likeness (QED) is 0.111. The molecule has 1 aliphatic heterocycles. The first-order valence-corrected chi connectivity index (χ1v) is 15.4. The molecule has 45 heavy (non-hydrogen) atoms. The second-order valence-electron chi connectivity index (χ2n) is 10.6. The molecular formula is C33H34Cl2F2N6O2. The number of aromatic nitrogens is 2. The smallest absolute Gasteiger partial charge is 0.220 e. The number of nitrogens with zero attached hydrogens (tertiary/aromatic N) is 2. The molecule has 1 saturated heterocycles. The Balaban J connectivity index is 1.35. The number of hydrogen-bond donors (Lipinski definition) is 4. The Bertz CT molecular complexity index is 1660. The standard InChI is InChI=1S/C33H34Cl2F2N6O2/c1-45-33-21(18-39-19-22-10-12-28(44)41-22)9-11-25(43-33)23-13-16-40-32(30(23)35)24-6-3-7-26(29(24)34)42-27-8-2-5-20(31(27)37)17-38-15-4-14-36/h2-3,5-9,11,13,16,22,38-39,42H,4,10,12,14-15,17-19H2,1H3,(H,41,44)/t22-/m1/s1. The van der Waals surface area contributed by atoms with Gasteiger partial charge in [-0.2, -0.15) is 0 Å². The van der Waals surface area contributed by atoms with Crippen LogP contribution in [0.5, 0.6) is 5.88 Å². The third-order valence-corrected chi connectivity index (χ3v) is 8.28. The molecule has 0 spiro atoms. The van der Waals surface area contributed by atoms with Gasteiger partial charge in [-0.1, -0.05) is 53.5 Å². The number of carbonyl (C=O) groups is 1. The Morgan fingerprint density at radius 1 is 0.978 bits per heavy atom. The number of anilines is 2. The van der Waals surface area contributed by atoms with Gasteiger partial charge < -0.3 is 26.0 Å². The highest BCUT2D eigenvalue weighted by Crippen LogP contribution is 2.41. The highest BCUT2D eigenvalue weighted by atomic mass is 35.5. The molecule has 8 nitrogen and oxygen atoms in total. The fourth-order valence-corrected chi connectivity index (χ4v) is 5.73. The van der Waals surface area contributed by atoms with Gasteiger partial charge >= 0.3 is 0 Å². The lowest BCUT2D eigenvalue weighted by Crippen LogP contribution is -2.35. The molecule has 0 radical (unpaired) electrons. The number of rotatable bonds is 14. The highest BCUT2D eigenvalue weighted by molar-refractivity contribution is 6.39. The molecule has 0 aliphatic carbocycles. The number of alkyl halides is 1. The fraction of sp³-hybridized carbons (Fsp3) is 0.303. The number of halogens is 4. The van der Waals surface area contributed by atoms with Crippen LogP contribution in [-0.2, 0) is 17.9 Å². The summed E-state index contributed by atoms with van der Waals surface area (Å²) in [5.74, 6) is 0.114. The first kappa shape index (κ1) is 32.6. The van der Waals surface area contributed by atoms with Crippen LogP contribution in [0.2, 0.25) is 10.0 Å². The summed E-state index contributed by atoms with van der Waals surface area (Å²) < 4.78 is 33.3. The van der Waals surface area contributed by atoms with Crippen molar-refractivity contribution < 1.29 is 18.3 Å². The van der Waals surface area contributed by atoms with Gasteiger partial charge in [0.05, 0.1) is 46.6 Å². The first-order valence-electron chi connectivity index (χ1n) is 14.7. The molecule has 1 atom stereocenters. The third-order valence-electron chi connectivity index (χ3n) is 7.49. The Morgan fingerprint density at radius 3 is 2.56 bits per heavy atom. The number of pyridine rings is 2. The summed E-state index contributed by atoms with van der Waals surface area (Å²) in [7, 11) is 1.56. The van der Waals surface area contributed by atoms with Crippen molar-refractivity contribution in [3.05, 3.63) is 87.8 Å². The molecular weight excluding hydrogens is 621 g/mol. The van der Waals surface area contributed by atoms with Crippen molar-refractivity contribution in [2.24, 2.45) is 0 Å². The predicted octanol–water partition coefficient (Wildman–Crippen LogP) is 6.83. The van der Waals surface area contributed by atoms with Crippen molar-refractivity contribution in [1.82, 2.24) is 25.9 Å². The van der Waals surface area contributed by atoms with Crippen LogP contribution in [0.4, 0.5) is 20.2 Å². The van der Waals surface area contributed by atoms with Crippen molar-refractivity contribution in [2.45, 2.75) is 38.4 Å². The maximum Gasteiger partial charge on any atom is 0.220 e. The zero-order valence-electron chi connectivity index (χ0n) is 24.7. The SMILES string of the molecule is COc1nc(-c2ccnc(-c3cccc(Nc4cccc(CNCCCF)c4F)c3Cl)c2Cl)ccc1CNC[C@H]1CCC(=O)N1. The van der Waals surface area contributed by atoms with Gasteiger partial charge in [-0.3, -0.25) is 14.2 Å². The summed E-state index contributed by atoms with van der Waals surface area (Å²) in [4.78, 5) is 20.7. The molecule has 3 heterocycles. The van der Waals surface area contributed by atoms with E-state index < -0.39 is 12.5 Å². The van der Waals surface area contributed by atoms with E-state index in [1.807, 2.05) is 12.1 Å². The van der Waals surface area contributed by atoms with Gasteiger partial charge in [-0.25, -0.2) is 9.37 Å². The van der Waals surface area contributed by atoms with E-state index in [0.717, 1.165) is 12.0 Å². The first-order chi connectivity index (χ1) is 21.9. The molecule has 0 unspecified atom stereocenters. The lowest BCUT2D eigenvalue weighted by atomic mass is 10.0. The number of amides is 1. The number of benzene rings is 2. The lowest BCUT2D eigenvalue weighted by Gasteiger charge is -2.16. The monoisotopic (exact) mass is 654 g/mol. The molecule has 4 N–H and O–H groups in total. The summed E-state index contributed by atoms with van der Waals surface area (Å²) >= 11 is 13.8. The number of nitrogens with one attached hydrogen (secondary N) is 4. The van der Waals surface area contributed by atoms with Crippen LogP contribution in [-0.4, -0.2) is 48.8 Å². The van der Waals surface area contributed by atoms with Crippen LogP contribution < -0.4 is 26.0 Å². The van der Waals surface area contributed by atoms with Crippen LogP contribution in [0.15, 0.2) is 60.8 Å². The molecule has 0 saturated carbocycles. The molecule has 2 aromatic heterocycles. The molecule has 1 aliphatic rings. The van der Waals surface area contributed by atoms with Gasteiger partial charge in [-0.05, 0) is 43.7 Å². The van der Waals surface area contributed by atoms with Crippen molar-refractivity contribution >= 4 is 40.5 Å². The van der Waals surface area contributed by atoms with E-state index in [1.165, 1.54) is 0 Å². The van der Waals surface area contributed by atoms with Gasteiger partial charge in [0.2, 0.25) is 11.8 Å². The van der Waals surface area contributed by atoms with Gasteiger partial charge in [0.1, 0.15) is 0 Å². The summed E-state index contributed by atoms with van der Waals surface area (Å²) in [5, 5.41) is 13.1. The van der Waals surface area contributed by atoms with Crippen LogP contribution in [0.25, 0.3) is 22.5 Å². The molecule has 12 heteroatoms. The second-order valence-corrected chi connectivity index (χ2v) is 11.4. The Kier molecular flexibility index (Phi) is 11.2. The maximum atomic E-state index is 15.3. The number of carbonyl (C=O) groups excluding carboxylic acids is 1. The summed E-state index contributed by atoms with van der Waals surface area (Å²) in [6.07, 6.45) is 3.37. The average molecular weight is 656 g/mol. The summed E-state index contributed by atoms with van der Waals surface area (Å²) in [6.45, 7) is 1.49. The minimum Gasteiger partial charge on any atom is -0.481 e. The molecule has 1 amide bonds. The summed E-state index contributed by atoms with van der Waals surface area (Å²) in [6, 6.07) is 16.1. The minimum atomic E-state index is -0.424. The van der Waals surface area contributed by atoms with E-state index in [9.17, 15) is 9.18 Å². The fourth-order valence-electron chi connectivity index (χ4n) is 5.16. The topological polar surface area (TPSA) is 100 Å². The maximum absolute atomic E-state index is 15.3. The van der Waals surface area contributed by atoms with E-state index >= 15 is 4.39 Å². The average Bonchev–Trinajstić information content (AvgIpc) is 3.47. The van der Waals surface area contributed by atoms with E-state index in [4.69, 9.17) is 32.9 Å². The summed E-state index contributed by atoms with van der Waals surface area (Å²) in [5.41, 5.74) is 4.29. The van der Waals surface area contributed by atoms with Gasteiger partial charge in [0, 0.05) is 60.5 Å². The Morgan fingerprint density at radius 2 is 1.78 bits per heavy atom. The van der Waals surface area contributed by atoms with E-state index in [1.54, 1.807) is 55.8 Å². The Hall–Kier alpha value is -3.83. The van der Waals surface area contributed by atoms with Crippen LogP contribution in [0.3, 0.4) is 0 Å². The second kappa shape index (κ2) is 15.4. The lowest BCUT2D eigenvalue weighted by molar-refractivity contribution is -0.119. The number of hydrogen-bond acceptors (Lipinski definition) is 7. The van der Waals surface area contributed by atoms with Crippen LogP contribution >= 0.6 is 23.2 Å². The van der Waals surface area contributed by atoms with Gasteiger partial charge in [-0.15, -0.1) is 0 Å². The highest BCUT2D eigenvalue weighted by Gasteiger charge is 2.21. The van der Waals surface area contributed by atoms with E-state index in [0.29, 0.717) is 82.2 Å². The zero-order chi connectivity index (χ0) is 31.8. The number of methoxy groups -OCH3 is 1. The predicted molar refractivity (Wildman–Crippen MR) is 174 cm³/mol. The molecule has 236 valence electrons. The molecule has 1 fully saturated rings. The third kappa shape index (κ3) is 7.88. The van der Waals surface area contributed by atoms with Crippen molar-refractivity contribution in [3.8, 4) is 28.4 Å². The zero-order valence-corrected chi connectivity index (χ0v) is 26.2. The van der Waals surface area contributed by atoms with Crippen LogP contribution in [0, 0.1) is 5.82 Å². The molecule has 2 aromatic carbocycles.